The van der Waals surface area contributed by atoms with Crippen molar-refractivity contribution in [1.29, 1.82) is 0 Å². The van der Waals surface area contributed by atoms with Crippen molar-refractivity contribution in [1.82, 2.24) is 24.8 Å². The van der Waals surface area contributed by atoms with Crippen molar-refractivity contribution in [2.75, 3.05) is 6.54 Å². The Labute approximate surface area is 343 Å². The Hall–Kier alpha value is -4.75. The normalized spacial score (nSPS) is 29.4. The van der Waals surface area contributed by atoms with Crippen LogP contribution < -0.4 is 19.5 Å². The highest BCUT2D eigenvalue weighted by Crippen LogP contribution is 2.55. The number of carbonyl (C=O) groups is 4. The molecule has 1 aromatic heterocycles. The Balaban J connectivity index is 1.31. The van der Waals surface area contributed by atoms with Crippen LogP contribution in [0.15, 0.2) is 30.4 Å². The molecule has 2 aliphatic carbocycles. The number of halogens is 5. The molecule has 1 spiro atoms. The highest BCUT2D eigenvalue weighted by molar-refractivity contribution is 7.91. The number of benzene rings is 1. The van der Waals surface area contributed by atoms with E-state index in [1.165, 1.54) is 13.8 Å². The van der Waals surface area contributed by atoms with Gasteiger partial charge in [-0.25, -0.2) is 27.0 Å². The molecule has 1 saturated heterocycles. The number of nitrogens with zero attached hydrogens (tertiary/aromatic N) is 3. The molecule has 5 atom stereocenters. The molecule has 60 heavy (non-hydrogen) atoms. The van der Waals surface area contributed by atoms with Crippen LogP contribution in [0.25, 0.3) is 10.9 Å². The lowest BCUT2D eigenvalue weighted by Gasteiger charge is -2.42. The molecule has 14 nitrogen and oxygen atoms in total. The molecule has 20 heteroatoms. The molecule has 3 N–H and O–H groups in total. The second-order valence-corrected chi connectivity index (χ2v) is 20.2. The Kier molecular flexibility index (Phi) is 10.4. The van der Waals surface area contributed by atoms with Gasteiger partial charge < -0.3 is 24.8 Å². The maximum Gasteiger partial charge on any atom is 0.573 e. The third-order valence-corrected chi connectivity index (χ3v) is 14.5. The van der Waals surface area contributed by atoms with Crippen LogP contribution in [-0.4, -0.2) is 98.5 Å². The SMILES string of the molecule is Cc1nc2ccc(OC(F)(F)F)cc2c2c1O[C@@]1(C[C@H]3C(=O)N[C@]4(C(=O)NS(=O)(=O)C5(C)CC5)C[C@H]4/C=C\CCCCC[C@H](N(C(=O)O)C(C)(C)C)C(=O)N3C1)CC2(F)F. The summed E-state index contributed by atoms with van der Waals surface area (Å²) in [5, 5.41) is 12.8. The molecule has 5 aliphatic rings. The van der Waals surface area contributed by atoms with E-state index in [2.05, 4.69) is 19.8 Å². The summed E-state index contributed by atoms with van der Waals surface area (Å²) in [6, 6.07) is -0.198. The topological polar surface area (TPSA) is 185 Å². The van der Waals surface area contributed by atoms with E-state index in [4.69, 9.17) is 4.74 Å². The van der Waals surface area contributed by atoms with Crippen molar-refractivity contribution in [2.24, 2.45) is 5.92 Å². The largest absolute Gasteiger partial charge is 0.573 e. The maximum absolute atomic E-state index is 16.9. The smallest absolute Gasteiger partial charge is 0.483 e. The number of fused-ring (bicyclic) bond motifs is 5. The summed E-state index contributed by atoms with van der Waals surface area (Å²) in [4.78, 5) is 62.7. The number of nitrogens with one attached hydrogen (secondary N) is 2. The fourth-order valence-corrected chi connectivity index (χ4v) is 10.3. The second kappa shape index (κ2) is 14.4. The summed E-state index contributed by atoms with van der Waals surface area (Å²) < 4.78 is 111. The number of alkyl halides is 5. The van der Waals surface area contributed by atoms with Crippen molar-refractivity contribution in [3.05, 3.63) is 41.6 Å². The van der Waals surface area contributed by atoms with Crippen LogP contribution in [0.4, 0.5) is 26.7 Å². The summed E-state index contributed by atoms with van der Waals surface area (Å²) >= 11 is 0. The van der Waals surface area contributed by atoms with Gasteiger partial charge in [-0.05, 0) is 91.3 Å². The number of pyridine rings is 1. The van der Waals surface area contributed by atoms with Gasteiger partial charge in [-0.3, -0.25) is 24.0 Å². The molecule has 3 fully saturated rings. The number of rotatable bonds is 5. The Morgan fingerprint density at radius 2 is 1.80 bits per heavy atom. The van der Waals surface area contributed by atoms with Crippen molar-refractivity contribution < 1.29 is 64.1 Å². The van der Waals surface area contributed by atoms with Gasteiger partial charge in [0.15, 0.2) is 5.75 Å². The molecule has 0 radical (unpaired) electrons. The fraction of sp³-hybridized carbons (Fsp3) is 0.625. The maximum atomic E-state index is 16.9. The summed E-state index contributed by atoms with van der Waals surface area (Å²) in [5.41, 5.74) is -5.86. The van der Waals surface area contributed by atoms with Gasteiger partial charge >= 0.3 is 12.5 Å². The molecule has 0 bridgehead atoms. The minimum absolute atomic E-state index is 0.00150. The summed E-state index contributed by atoms with van der Waals surface area (Å²) in [7, 11) is -4.16. The van der Waals surface area contributed by atoms with E-state index in [0.29, 0.717) is 38.5 Å². The second-order valence-electron chi connectivity index (χ2n) is 18.0. The lowest BCUT2D eigenvalue weighted by molar-refractivity contribution is -0.274. The molecule has 4 heterocycles. The van der Waals surface area contributed by atoms with Crippen molar-refractivity contribution in [3.63, 3.8) is 0 Å². The minimum atomic E-state index is -5.12. The van der Waals surface area contributed by atoms with Gasteiger partial charge in [0.05, 0.1) is 34.5 Å². The first kappa shape index (κ1) is 43.3. The number of sulfonamides is 1. The summed E-state index contributed by atoms with van der Waals surface area (Å²) in [6.45, 7) is 6.96. The predicted octanol–water partition coefficient (Wildman–Crippen LogP) is 6.20. The van der Waals surface area contributed by atoms with Gasteiger partial charge in [-0.2, -0.15) is 0 Å². The van der Waals surface area contributed by atoms with E-state index in [9.17, 15) is 45.9 Å². The first-order chi connectivity index (χ1) is 27.7. The van der Waals surface area contributed by atoms with E-state index >= 15 is 8.78 Å². The van der Waals surface area contributed by atoms with Crippen molar-refractivity contribution in [2.45, 2.75) is 145 Å². The Bertz CT molecular complexity index is 2280. The van der Waals surface area contributed by atoms with Crippen LogP contribution in [0.5, 0.6) is 11.5 Å². The zero-order valence-electron chi connectivity index (χ0n) is 33.7. The average molecular weight is 870 g/mol. The highest BCUT2D eigenvalue weighted by atomic mass is 32.2. The molecule has 0 unspecified atom stereocenters. The monoisotopic (exact) mass is 869 g/mol. The minimum Gasteiger partial charge on any atom is -0.483 e. The van der Waals surface area contributed by atoms with E-state index in [-0.39, 0.29) is 29.4 Å². The quantitative estimate of drug-likeness (QED) is 0.231. The molecule has 7 rings (SSSR count). The first-order valence-corrected chi connectivity index (χ1v) is 21.4. The number of ether oxygens (including phenoxy) is 2. The third-order valence-electron chi connectivity index (χ3n) is 12.4. The summed E-state index contributed by atoms with van der Waals surface area (Å²) in [6.07, 6.45) is -2.01. The molecular formula is C40H48F5N5O9S. The van der Waals surface area contributed by atoms with Gasteiger partial charge in [-0.1, -0.05) is 25.0 Å². The molecule has 328 valence electrons. The molecule has 2 aromatic rings. The van der Waals surface area contributed by atoms with E-state index < -0.39 is 122 Å². The van der Waals surface area contributed by atoms with Crippen LogP contribution in [0, 0.1) is 12.8 Å². The number of amides is 4. The van der Waals surface area contributed by atoms with E-state index in [1.54, 1.807) is 26.8 Å². The lowest BCUT2D eigenvalue weighted by Crippen LogP contribution is -2.61. The van der Waals surface area contributed by atoms with E-state index in [1.807, 2.05) is 6.08 Å². The number of carbonyl (C=O) groups excluding carboxylic acids is 3. The number of hydrogen-bond acceptors (Lipinski definition) is 9. The zero-order valence-corrected chi connectivity index (χ0v) is 34.6. The number of aryl methyl sites for hydroxylation is 1. The van der Waals surface area contributed by atoms with Gasteiger partial charge in [0.25, 0.3) is 11.8 Å². The van der Waals surface area contributed by atoms with Gasteiger partial charge in [-0.15, -0.1) is 13.2 Å². The average Bonchev–Trinajstić information content (AvgIpc) is 4.00. The first-order valence-electron chi connectivity index (χ1n) is 19.9. The van der Waals surface area contributed by atoms with Crippen LogP contribution in [0.2, 0.25) is 0 Å². The van der Waals surface area contributed by atoms with Crippen molar-refractivity contribution >= 4 is 44.7 Å². The third kappa shape index (κ3) is 7.95. The number of allylic oxidation sites excluding steroid dienone is 1. The molecular weight excluding hydrogens is 822 g/mol. The standard InChI is InChI=1S/C40H48F5N5O9S/c1-22-30-29(25-17-24(58-40(43,44)45)13-14-26(25)46-22)39(41,42)20-37(59-30)19-28-31(51)47-38(33(53)48-60(56,57)36(5)15-16-36)18-23(38)11-9-7-6-8-10-12-27(32(52)49(28)21-37)50(34(54)55)35(2,3)4/h9,11,13-14,17,23,27-28H,6-8,10,12,15-16,18-21H2,1-5H3,(H,47,51)(H,48,53)(H,54,55)/b11-9-/t23-,27+,28+,37+,38-/m1/s1. The van der Waals surface area contributed by atoms with Gasteiger partial charge in [0, 0.05) is 23.3 Å². The lowest BCUT2D eigenvalue weighted by atomic mass is 9.84. The van der Waals surface area contributed by atoms with Crippen LogP contribution in [0.3, 0.4) is 0 Å². The molecule has 4 amide bonds. The summed E-state index contributed by atoms with van der Waals surface area (Å²) in [5.74, 6) is -8.59. The zero-order chi connectivity index (χ0) is 44.0. The van der Waals surface area contributed by atoms with Crippen LogP contribution in [0.1, 0.15) is 103 Å². The molecule has 1 aromatic carbocycles. The molecule has 3 aliphatic heterocycles. The van der Waals surface area contributed by atoms with Crippen LogP contribution >= 0.6 is 0 Å². The number of hydrogen-bond donors (Lipinski definition) is 3. The Morgan fingerprint density at radius 3 is 2.43 bits per heavy atom. The number of aromatic nitrogens is 1. The highest BCUT2D eigenvalue weighted by Gasteiger charge is 2.65. The predicted molar refractivity (Wildman–Crippen MR) is 204 cm³/mol. The van der Waals surface area contributed by atoms with Crippen LogP contribution in [-0.2, 0) is 30.3 Å². The fourth-order valence-electron chi connectivity index (χ4n) is 8.94. The van der Waals surface area contributed by atoms with E-state index in [0.717, 1.165) is 28.0 Å². The van der Waals surface area contributed by atoms with Gasteiger partial charge in [0.1, 0.15) is 29.0 Å². The van der Waals surface area contributed by atoms with Gasteiger partial charge in [0.2, 0.25) is 21.8 Å². The number of carboxylic acid groups (broad SMARTS) is 1. The van der Waals surface area contributed by atoms with Crippen molar-refractivity contribution in [3.8, 4) is 11.5 Å². The molecule has 2 saturated carbocycles. The Morgan fingerprint density at radius 1 is 1.10 bits per heavy atom.